The van der Waals surface area contributed by atoms with E-state index in [4.69, 9.17) is 0 Å². The van der Waals surface area contributed by atoms with Crippen molar-refractivity contribution in [3.8, 4) is 0 Å². The van der Waals surface area contributed by atoms with Crippen LogP contribution in [0.1, 0.15) is 25.7 Å². The second-order valence-electron chi connectivity index (χ2n) is 3.61. The monoisotopic (exact) mass is 205 g/mol. The van der Waals surface area contributed by atoms with Crippen LogP contribution in [0.4, 0.5) is 0 Å². The molecular weight excluding hydrogens is 186 g/mol. The highest BCUT2D eigenvalue weighted by molar-refractivity contribution is 5.75. The molecule has 0 unspecified atom stereocenters. The fraction of sp³-hybridized carbons (Fsp3) is 0.417. The Morgan fingerprint density at radius 1 is 1.20 bits per heavy atom. The lowest BCUT2D eigenvalue weighted by molar-refractivity contribution is 0.600. The second kappa shape index (κ2) is 4.94. The molecule has 2 rings (SSSR count). The fourth-order valence-corrected chi connectivity index (χ4v) is 1.82. The summed E-state index contributed by atoms with van der Waals surface area (Å²) in [5.74, 6) is 1.09. The van der Waals surface area contributed by atoms with Crippen LogP contribution in [0.25, 0.3) is 11.0 Å². The summed E-state index contributed by atoms with van der Waals surface area (Å²) < 4.78 is 2.26. The van der Waals surface area contributed by atoms with E-state index in [0.717, 1.165) is 11.3 Å². The van der Waals surface area contributed by atoms with Gasteiger partial charge in [-0.3, -0.25) is 0 Å². The molecule has 1 aromatic carbocycles. The molecule has 0 bridgehead atoms. The lowest BCUT2D eigenvalue weighted by atomic mass is 10.3. The number of fused-ring (bicyclic) bond motifs is 1. The van der Waals surface area contributed by atoms with E-state index in [1.54, 1.807) is 0 Å². The van der Waals surface area contributed by atoms with Gasteiger partial charge in [-0.25, -0.2) is 4.98 Å². The largest absolute Gasteiger partial charge is 0.333 e. The Balaban J connectivity index is 0.000000531. The number of imidazole rings is 1. The topological polar surface area (TPSA) is 43.8 Å². The van der Waals surface area contributed by atoms with Gasteiger partial charge in [0, 0.05) is 6.04 Å². The number of nitrogens with zero attached hydrogens (tertiary/aromatic N) is 2. The molecule has 0 amide bonds. The van der Waals surface area contributed by atoms with E-state index in [0.29, 0.717) is 6.04 Å². The lowest BCUT2D eigenvalue weighted by Crippen LogP contribution is -2.02. The van der Waals surface area contributed by atoms with Gasteiger partial charge in [-0.15, -0.1) is 0 Å². The van der Waals surface area contributed by atoms with Crippen LogP contribution >= 0.6 is 0 Å². The van der Waals surface area contributed by atoms with Crippen molar-refractivity contribution in [3.05, 3.63) is 30.1 Å². The number of aromatic nitrogens is 2. The van der Waals surface area contributed by atoms with E-state index in [1.165, 1.54) is 12.6 Å². The van der Waals surface area contributed by atoms with Gasteiger partial charge in [-0.05, 0) is 40.0 Å². The van der Waals surface area contributed by atoms with Gasteiger partial charge in [0.1, 0.15) is 5.82 Å². The molecule has 3 heteroatoms. The Hall–Kier alpha value is -1.35. The van der Waals surface area contributed by atoms with Crippen molar-refractivity contribution >= 4 is 11.0 Å². The van der Waals surface area contributed by atoms with Gasteiger partial charge in [0.05, 0.1) is 11.0 Å². The third-order valence-electron chi connectivity index (χ3n) is 2.29. The average molecular weight is 205 g/mol. The number of rotatable bonds is 1. The Morgan fingerprint density at radius 3 is 2.40 bits per heavy atom. The summed E-state index contributed by atoms with van der Waals surface area (Å²) in [6, 6.07) is 8.74. The molecule has 0 spiro atoms. The quantitative estimate of drug-likeness (QED) is 0.777. The zero-order valence-corrected chi connectivity index (χ0v) is 9.86. The predicted molar refractivity (Wildman–Crippen MR) is 65.0 cm³/mol. The van der Waals surface area contributed by atoms with Gasteiger partial charge >= 0.3 is 0 Å². The Labute approximate surface area is 90.9 Å². The standard InChI is InChI=1S/C11H14N2.CH5N/c1-8(2)13-9(3)12-10-6-4-5-7-11(10)13;1-2/h4-8H,1-3H3;2H2,1H3. The van der Waals surface area contributed by atoms with Crippen LogP contribution in [0.15, 0.2) is 24.3 Å². The summed E-state index contributed by atoms with van der Waals surface area (Å²) in [5, 5.41) is 0. The Bertz CT molecular complexity index is 429. The number of benzene rings is 1. The minimum absolute atomic E-state index is 0.479. The molecule has 15 heavy (non-hydrogen) atoms. The number of aryl methyl sites for hydroxylation is 1. The number of para-hydroxylation sites is 2. The molecular formula is C12H19N3. The zero-order valence-electron chi connectivity index (χ0n) is 9.86. The Kier molecular flexibility index (Phi) is 3.86. The molecule has 0 fully saturated rings. The average Bonchev–Trinajstić information content (AvgIpc) is 2.56. The number of nitrogens with two attached hydrogens (primary N) is 1. The molecule has 0 aliphatic rings. The van der Waals surface area contributed by atoms with Gasteiger partial charge in [0.15, 0.2) is 0 Å². The smallest absolute Gasteiger partial charge is 0.106 e. The lowest BCUT2D eigenvalue weighted by Gasteiger charge is -2.10. The fourth-order valence-electron chi connectivity index (χ4n) is 1.82. The minimum atomic E-state index is 0.479. The third kappa shape index (κ3) is 2.18. The van der Waals surface area contributed by atoms with Gasteiger partial charge < -0.3 is 10.3 Å². The first kappa shape index (κ1) is 11.7. The van der Waals surface area contributed by atoms with Crippen molar-refractivity contribution in [3.63, 3.8) is 0 Å². The van der Waals surface area contributed by atoms with Crippen LogP contribution in [-0.4, -0.2) is 16.6 Å². The highest BCUT2D eigenvalue weighted by atomic mass is 15.1. The van der Waals surface area contributed by atoms with E-state index in [2.05, 4.69) is 54.3 Å². The van der Waals surface area contributed by atoms with Crippen LogP contribution in [-0.2, 0) is 0 Å². The van der Waals surface area contributed by atoms with E-state index in [1.807, 2.05) is 6.07 Å². The van der Waals surface area contributed by atoms with Crippen LogP contribution in [0.3, 0.4) is 0 Å². The zero-order chi connectivity index (χ0) is 11.4. The molecule has 0 aliphatic heterocycles. The summed E-state index contributed by atoms with van der Waals surface area (Å²) in [6.45, 7) is 6.42. The molecule has 2 N–H and O–H groups in total. The minimum Gasteiger partial charge on any atom is -0.333 e. The van der Waals surface area contributed by atoms with E-state index < -0.39 is 0 Å². The van der Waals surface area contributed by atoms with Gasteiger partial charge in [-0.1, -0.05) is 12.1 Å². The first-order valence-corrected chi connectivity index (χ1v) is 5.21. The molecule has 1 aromatic heterocycles. The highest BCUT2D eigenvalue weighted by Crippen LogP contribution is 2.19. The van der Waals surface area contributed by atoms with Crippen LogP contribution < -0.4 is 5.73 Å². The van der Waals surface area contributed by atoms with E-state index in [-0.39, 0.29) is 0 Å². The van der Waals surface area contributed by atoms with E-state index >= 15 is 0 Å². The summed E-state index contributed by atoms with van der Waals surface area (Å²) >= 11 is 0. The van der Waals surface area contributed by atoms with Gasteiger partial charge in [0.2, 0.25) is 0 Å². The van der Waals surface area contributed by atoms with Crippen molar-refractivity contribution in [1.29, 1.82) is 0 Å². The molecule has 82 valence electrons. The van der Waals surface area contributed by atoms with Gasteiger partial charge in [-0.2, -0.15) is 0 Å². The molecule has 0 aliphatic carbocycles. The van der Waals surface area contributed by atoms with Crippen molar-refractivity contribution in [2.75, 3.05) is 7.05 Å². The number of hydrogen-bond donors (Lipinski definition) is 1. The maximum Gasteiger partial charge on any atom is 0.106 e. The summed E-state index contributed by atoms with van der Waals surface area (Å²) in [5.41, 5.74) is 6.82. The highest BCUT2D eigenvalue weighted by Gasteiger charge is 2.08. The third-order valence-corrected chi connectivity index (χ3v) is 2.29. The first-order chi connectivity index (χ1) is 7.20. The van der Waals surface area contributed by atoms with Crippen LogP contribution in [0.2, 0.25) is 0 Å². The van der Waals surface area contributed by atoms with E-state index in [9.17, 15) is 0 Å². The maximum atomic E-state index is 4.50. The first-order valence-electron chi connectivity index (χ1n) is 5.21. The maximum absolute atomic E-state index is 4.50. The molecule has 1 heterocycles. The van der Waals surface area contributed by atoms with Crippen molar-refractivity contribution in [2.45, 2.75) is 26.8 Å². The Morgan fingerprint density at radius 2 is 1.80 bits per heavy atom. The molecule has 0 atom stereocenters. The number of hydrogen-bond acceptors (Lipinski definition) is 2. The van der Waals surface area contributed by atoms with Crippen molar-refractivity contribution in [2.24, 2.45) is 5.73 Å². The normalized spacial score (nSPS) is 10.3. The predicted octanol–water partition coefficient (Wildman–Crippen LogP) is 2.50. The summed E-state index contributed by atoms with van der Waals surface area (Å²) in [6.07, 6.45) is 0. The molecule has 0 radical (unpaired) electrons. The van der Waals surface area contributed by atoms with Gasteiger partial charge in [0.25, 0.3) is 0 Å². The SMILES string of the molecule is CN.Cc1nc2ccccc2n1C(C)C. The summed E-state index contributed by atoms with van der Waals surface area (Å²) in [4.78, 5) is 4.50. The molecule has 0 saturated heterocycles. The summed E-state index contributed by atoms with van der Waals surface area (Å²) in [7, 11) is 1.50. The molecule has 2 aromatic rings. The van der Waals surface area contributed by atoms with Crippen molar-refractivity contribution in [1.82, 2.24) is 9.55 Å². The second-order valence-corrected chi connectivity index (χ2v) is 3.61. The van der Waals surface area contributed by atoms with Crippen molar-refractivity contribution < 1.29 is 0 Å². The van der Waals surface area contributed by atoms with Crippen LogP contribution in [0, 0.1) is 6.92 Å². The molecule has 0 saturated carbocycles. The van der Waals surface area contributed by atoms with Crippen LogP contribution in [0.5, 0.6) is 0 Å². The molecule has 3 nitrogen and oxygen atoms in total.